The first-order valence-corrected chi connectivity index (χ1v) is 9.72. The number of carboxylic acids is 2. The van der Waals surface area contributed by atoms with Crippen LogP contribution in [0, 0.1) is 0 Å². The van der Waals surface area contributed by atoms with Crippen molar-refractivity contribution in [3.63, 3.8) is 0 Å². The van der Waals surface area contributed by atoms with Gasteiger partial charge >= 0.3 is 18.0 Å². The van der Waals surface area contributed by atoms with Gasteiger partial charge in [0.15, 0.2) is 0 Å². The fourth-order valence-corrected chi connectivity index (χ4v) is 3.01. The second-order valence-electron chi connectivity index (χ2n) is 8.16. The van der Waals surface area contributed by atoms with Crippen molar-refractivity contribution >= 4 is 34.8 Å². The van der Waals surface area contributed by atoms with E-state index >= 15 is 0 Å². The Morgan fingerprint density at radius 1 is 1.16 bits per heavy atom. The molecule has 1 aromatic carbocycles. The maximum absolute atomic E-state index is 12.6. The Hall–Kier alpha value is -3.40. The van der Waals surface area contributed by atoms with E-state index in [1.807, 2.05) is 0 Å². The second kappa shape index (κ2) is 9.61. The van der Waals surface area contributed by atoms with Crippen LogP contribution in [0.25, 0.3) is 10.9 Å². The van der Waals surface area contributed by atoms with Gasteiger partial charge in [0.2, 0.25) is 5.91 Å². The minimum Gasteiger partial charge on any atom is -0.481 e. The number of nitrogens with two attached hydrogens (primary N) is 1. The van der Waals surface area contributed by atoms with Crippen molar-refractivity contribution in [1.29, 1.82) is 0 Å². The summed E-state index contributed by atoms with van der Waals surface area (Å²) >= 11 is 0. The van der Waals surface area contributed by atoms with Crippen LogP contribution < -0.4 is 11.1 Å². The lowest BCUT2D eigenvalue weighted by atomic mass is 10.0. The highest BCUT2D eigenvalue weighted by atomic mass is 16.6. The van der Waals surface area contributed by atoms with Crippen LogP contribution in [-0.2, 0) is 25.5 Å². The molecule has 10 heteroatoms. The fourth-order valence-electron chi connectivity index (χ4n) is 3.01. The van der Waals surface area contributed by atoms with E-state index in [-0.39, 0.29) is 12.8 Å². The van der Waals surface area contributed by atoms with Gasteiger partial charge in [-0.15, -0.1) is 0 Å². The minimum absolute atomic E-state index is 0.0351. The Bertz CT molecular complexity index is 991. The molecule has 0 radical (unpaired) electrons. The number of carbonyl (C=O) groups excluding carboxylic acids is 2. The molecule has 10 nitrogen and oxygen atoms in total. The molecule has 0 spiro atoms. The number of nitrogens with one attached hydrogen (secondary N) is 1. The number of benzene rings is 1. The number of rotatable bonds is 8. The van der Waals surface area contributed by atoms with Gasteiger partial charge in [0, 0.05) is 18.0 Å². The smallest absolute Gasteiger partial charge is 0.419 e. The molecule has 1 heterocycles. The van der Waals surface area contributed by atoms with E-state index in [1.54, 1.807) is 51.2 Å². The summed E-state index contributed by atoms with van der Waals surface area (Å²) in [4.78, 5) is 47.0. The maximum Gasteiger partial charge on any atom is 0.419 e. The molecule has 168 valence electrons. The van der Waals surface area contributed by atoms with Crippen LogP contribution in [-0.4, -0.2) is 56.4 Å². The number of para-hydroxylation sites is 1. The molecule has 0 aliphatic heterocycles. The molecule has 0 saturated heterocycles. The largest absolute Gasteiger partial charge is 0.481 e. The zero-order valence-corrected chi connectivity index (χ0v) is 17.6. The molecule has 0 saturated carbocycles. The molecule has 1 amide bonds. The van der Waals surface area contributed by atoms with Crippen molar-refractivity contribution in [3.8, 4) is 0 Å². The van der Waals surface area contributed by atoms with Crippen LogP contribution in [0.2, 0.25) is 0 Å². The summed E-state index contributed by atoms with van der Waals surface area (Å²) in [6.45, 7) is 5.25. The van der Waals surface area contributed by atoms with Crippen molar-refractivity contribution < 1.29 is 34.1 Å². The van der Waals surface area contributed by atoms with Crippen LogP contribution >= 0.6 is 0 Å². The van der Waals surface area contributed by atoms with Crippen LogP contribution in [0.4, 0.5) is 4.79 Å². The Kier molecular flexibility index (Phi) is 7.40. The van der Waals surface area contributed by atoms with E-state index < -0.39 is 48.0 Å². The van der Waals surface area contributed by atoms with Gasteiger partial charge in [-0.1, -0.05) is 18.2 Å². The van der Waals surface area contributed by atoms with Gasteiger partial charge in [0.1, 0.15) is 11.6 Å². The van der Waals surface area contributed by atoms with Crippen molar-refractivity contribution in [3.05, 3.63) is 36.0 Å². The van der Waals surface area contributed by atoms with Crippen LogP contribution in [0.1, 0.15) is 39.2 Å². The molecule has 0 aliphatic carbocycles. The molecule has 2 atom stereocenters. The summed E-state index contributed by atoms with van der Waals surface area (Å²) in [5.41, 5.74) is 6.49. The monoisotopic (exact) mass is 433 g/mol. The Morgan fingerprint density at radius 2 is 1.81 bits per heavy atom. The lowest BCUT2D eigenvalue weighted by Crippen LogP contribution is -2.49. The molecule has 0 bridgehead atoms. The normalized spacial score (nSPS) is 13.4. The van der Waals surface area contributed by atoms with Gasteiger partial charge in [0.05, 0.1) is 11.6 Å². The fraction of sp³-hybridized carbons (Fsp3) is 0.429. The number of hydrogen-bond acceptors (Lipinski definition) is 6. The lowest BCUT2D eigenvalue weighted by molar-refractivity contribution is -0.143. The molecule has 5 N–H and O–H groups in total. The number of carboxylic acid groups (broad SMARTS) is 2. The highest BCUT2D eigenvalue weighted by Crippen LogP contribution is 2.24. The molecular weight excluding hydrogens is 406 g/mol. The lowest BCUT2D eigenvalue weighted by Gasteiger charge is -2.19. The summed E-state index contributed by atoms with van der Waals surface area (Å²) in [5.74, 6) is -3.24. The summed E-state index contributed by atoms with van der Waals surface area (Å²) in [7, 11) is 0. The first kappa shape index (κ1) is 23.9. The molecule has 31 heavy (non-hydrogen) atoms. The quantitative estimate of drug-likeness (QED) is 0.489. The van der Waals surface area contributed by atoms with Gasteiger partial charge < -0.3 is 26.0 Å². The van der Waals surface area contributed by atoms with E-state index in [9.17, 15) is 24.3 Å². The Balaban J connectivity index is 2.20. The molecule has 0 fully saturated rings. The number of aromatic nitrogens is 1. The summed E-state index contributed by atoms with van der Waals surface area (Å²) < 4.78 is 6.76. The van der Waals surface area contributed by atoms with E-state index in [1.165, 1.54) is 4.57 Å². The Morgan fingerprint density at radius 3 is 2.39 bits per heavy atom. The van der Waals surface area contributed by atoms with Gasteiger partial charge in [0.25, 0.3) is 0 Å². The molecule has 1 aromatic heterocycles. The minimum atomic E-state index is -1.36. The van der Waals surface area contributed by atoms with E-state index in [0.29, 0.717) is 16.5 Å². The predicted molar refractivity (Wildman–Crippen MR) is 112 cm³/mol. The third-order valence-corrected chi connectivity index (χ3v) is 4.42. The predicted octanol–water partition coefficient (Wildman–Crippen LogP) is 1.73. The van der Waals surface area contributed by atoms with Crippen molar-refractivity contribution in [1.82, 2.24) is 9.88 Å². The van der Waals surface area contributed by atoms with E-state index in [0.717, 1.165) is 0 Å². The number of ether oxygens (including phenoxy) is 1. The van der Waals surface area contributed by atoms with Gasteiger partial charge in [-0.05, 0) is 45.2 Å². The summed E-state index contributed by atoms with van der Waals surface area (Å²) in [6.07, 6.45) is 0.336. The number of nitrogens with zero attached hydrogens (tertiary/aromatic N) is 1. The third-order valence-electron chi connectivity index (χ3n) is 4.42. The van der Waals surface area contributed by atoms with E-state index in [4.69, 9.17) is 15.6 Å². The summed E-state index contributed by atoms with van der Waals surface area (Å²) in [6, 6.07) is 4.59. The SMILES string of the molecule is CC(C)(C)OC(=O)n1cc(C[C@H](N)C(=O)N[C@@H](CCC(=O)O)C(=O)O)c2ccccc21. The second-order valence-corrected chi connectivity index (χ2v) is 8.16. The van der Waals surface area contributed by atoms with Gasteiger partial charge in [-0.2, -0.15) is 0 Å². The zero-order chi connectivity index (χ0) is 23.3. The average molecular weight is 433 g/mol. The average Bonchev–Trinajstić information content (AvgIpc) is 3.02. The third kappa shape index (κ3) is 6.54. The Labute approximate surface area is 179 Å². The number of fused-ring (bicyclic) bond motifs is 1. The number of aliphatic carboxylic acids is 2. The highest BCUT2D eigenvalue weighted by molar-refractivity contribution is 5.93. The first-order chi connectivity index (χ1) is 14.4. The van der Waals surface area contributed by atoms with Gasteiger partial charge in [-0.25, -0.2) is 9.59 Å². The van der Waals surface area contributed by atoms with Gasteiger partial charge in [-0.3, -0.25) is 14.2 Å². The molecule has 0 aliphatic rings. The molecule has 2 rings (SSSR count). The van der Waals surface area contributed by atoms with Crippen molar-refractivity contribution in [2.24, 2.45) is 5.73 Å². The molecule has 2 aromatic rings. The van der Waals surface area contributed by atoms with Crippen molar-refractivity contribution in [2.75, 3.05) is 0 Å². The highest BCUT2D eigenvalue weighted by Gasteiger charge is 2.26. The first-order valence-electron chi connectivity index (χ1n) is 9.72. The standard InChI is InChI=1S/C21H27N3O7/c1-21(2,3)31-20(30)24-11-12(13-6-4-5-7-16(13)24)10-14(22)18(27)23-15(19(28)29)8-9-17(25)26/h4-7,11,14-15H,8-10,22H2,1-3H3,(H,23,27)(H,25,26)(H,28,29)/t14-,15-/m0/s1. The number of hydrogen-bond donors (Lipinski definition) is 4. The molecular formula is C21H27N3O7. The zero-order valence-electron chi connectivity index (χ0n) is 17.6. The van der Waals surface area contributed by atoms with Crippen LogP contribution in [0.15, 0.2) is 30.5 Å². The van der Waals surface area contributed by atoms with Crippen LogP contribution in [0.3, 0.4) is 0 Å². The topological polar surface area (TPSA) is 161 Å². The number of amides is 1. The summed E-state index contributed by atoms with van der Waals surface area (Å²) in [5, 5.41) is 20.9. The van der Waals surface area contributed by atoms with E-state index in [2.05, 4.69) is 5.32 Å². The number of carbonyl (C=O) groups is 4. The van der Waals surface area contributed by atoms with Crippen LogP contribution in [0.5, 0.6) is 0 Å². The molecule has 0 unspecified atom stereocenters. The maximum atomic E-state index is 12.6. The van der Waals surface area contributed by atoms with Crippen molar-refractivity contribution in [2.45, 2.75) is 57.7 Å².